The minimum absolute atomic E-state index is 0.0271. The van der Waals surface area contributed by atoms with Crippen LogP contribution in [0.25, 0.3) is 0 Å². The summed E-state index contributed by atoms with van der Waals surface area (Å²) >= 11 is 3.34. The second kappa shape index (κ2) is 8.67. The van der Waals surface area contributed by atoms with E-state index in [9.17, 15) is 13.2 Å². The topological polar surface area (TPSA) is 75.7 Å². The van der Waals surface area contributed by atoms with E-state index in [0.717, 1.165) is 8.78 Å². The number of benzene rings is 3. The largest absolute Gasteiger partial charge is 0.497 e. The molecule has 29 heavy (non-hydrogen) atoms. The van der Waals surface area contributed by atoms with Gasteiger partial charge >= 0.3 is 0 Å². The summed E-state index contributed by atoms with van der Waals surface area (Å²) in [6, 6.07) is 19.7. The first kappa shape index (κ1) is 20.9. The maximum absolute atomic E-state index is 13.0. The zero-order chi connectivity index (χ0) is 21.0. The molecule has 0 fully saturated rings. The van der Waals surface area contributed by atoms with Gasteiger partial charge in [-0.2, -0.15) is 0 Å². The summed E-state index contributed by atoms with van der Waals surface area (Å²) in [6.07, 6.45) is 0. The number of ether oxygens (including phenoxy) is 1. The van der Waals surface area contributed by atoms with Crippen LogP contribution in [0.1, 0.15) is 10.4 Å². The summed E-state index contributed by atoms with van der Waals surface area (Å²) in [5.41, 5.74) is 1.34. The third-order valence-electron chi connectivity index (χ3n) is 4.29. The monoisotopic (exact) mass is 474 g/mol. The standard InChI is InChI=1S/C21H19BrN2O4S/c1-24(18-10-12-19(28-2)13-11-18)29(26,27)20-5-3-4-15(14-20)21(25)23-17-8-6-16(22)7-9-17/h3-14H,1-2H3,(H,23,25). The number of methoxy groups -OCH3 is 1. The van der Waals surface area contributed by atoms with Crippen molar-refractivity contribution >= 4 is 43.2 Å². The van der Waals surface area contributed by atoms with Crippen LogP contribution in [0.3, 0.4) is 0 Å². The zero-order valence-electron chi connectivity index (χ0n) is 15.8. The van der Waals surface area contributed by atoms with Gasteiger partial charge in [0.05, 0.1) is 17.7 Å². The van der Waals surface area contributed by atoms with Crippen LogP contribution in [0.5, 0.6) is 5.75 Å². The molecule has 0 bridgehead atoms. The molecule has 3 aromatic carbocycles. The molecule has 0 saturated heterocycles. The van der Waals surface area contributed by atoms with E-state index >= 15 is 0 Å². The number of carbonyl (C=O) groups is 1. The Morgan fingerprint density at radius 1 is 1.00 bits per heavy atom. The molecular formula is C21H19BrN2O4S. The SMILES string of the molecule is COc1ccc(N(C)S(=O)(=O)c2cccc(C(=O)Nc3ccc(Br)cc3)c2)cc1. The molecule has 3 aromatic rings. The molecule has 0 aliphatic heterocycles. The van der Waals surface area contributed by atoms with Crippen molar-refractivity contribution in [2.24, 2.45) is 0 Å². The molecular weight excluding hydrogens is 456 g/mol. The molecule has 6 nitrogen and oxygen atoms in total. The van der Waals surface area contributed by atoms with E-state index in [0.29, 0.717) is 17.1 Å². The van der Waals surface area contributed by atoms with Gasteiger partial charge in [0, 0.05) is 22.8 Å². The van der Waals surface area contributed by atoms with Crippen LogP contribution >= 0.6 is 15.9 Å². The predicted octanol–water partition coefficient (Wildman–Crippen LogP) is 4.54. The highest BCUT2D eigenvalue weighted by molar-refractivity contribution is 9.10. The molecule has 1 amide bonds. The lowest BCUT2D eigenvalue weighted by Crippen LogP contribution is -2.26. The molecule has 8 heteroatoms. The van der Waals surface area contributed by atoms with Gasteiger partial charge in [-0.25, -0.2) is 8.42 Å². The van der Waals surface area contributed by atoms with Crippen LogP contribution in [0, 0.1) is 0 Å². The third-order valence-corrected chi connectivity index (χ3v) is 6.60. The van der Waals surface area contributed by atoms with E-state index < -0.39 is 15.9 Å². The number of hydrogen-bond donors (Lipinski definition) is 1. The number of anilines is 2. The average Bonchev–Trinajstić information content (AvgIpc) is 2.75. The molecule has 0 unspecified atom stereocenters. The highest BCUT2D eigenvalue weighted by atomic mass is 79.9. The van der Waals surface area contributed by atoms with Gasteiger partial charge < -0.3 is 10.1 Å². The smallest absolute Gasteiger partial charge is 0.264 e. The van der Waals surface area contributed by atoms with Crippen molar-refractivity contribution in [3.05, 3.63) is 82.8 Å². The van der Waals surface area contributed by atoms with Gasteiger partial charge in [-0.15, -0.1) is 0 Å². The van der Waals surface area contributed by atoms with E-state index in [-0.39, 0.29) is 10.5 Å². The normalized spacial score (nSPS) is 11.0. The second-order valence-corrected chi connectivity index (χ2v) is 9.04. The van der Waals surface area contributed by atoms with Gasteiger partial charge in [0.15, 0.2) is 0 Å². The van der Waals surface area contributed by atoms with Crippen molar-refractivity contribution in [1.82, 2.24) is 0 Å². The Kier molecular flexibility index (Phi) is 6.24. The maximum Gasteiger partial charge on any atom is 0.264 e. The minimum atomic E-state index is -3.84. The first-order valence-corrected chi connectivity index (χ1v) is 10.8. The molecule has 1 N–H and O–H groups in total. The summed E-state index contributed by atoms with van der Waals surface area (Å²) in [6.45, 7) is 0. The number of rotatable bonds is 6. The van der Waals surface area contributed by atoms with Gasteiger partial charge in [-0.05, 0) is 66.7 Å². The molecule has 0 spiro atoms. The Hall–Kier alpha value is -2.84. The molecule has 150 valence electrons. The molecule has 0 radical (unpaired) electrons. The molecule has 3 rings (SSSR count). The van der Waals surface area contributed by atoms with Crippen molar-refractivity contribution in [3.8, 4) is 5.75 Å². The number of nitrogens with zero attached hydrogens (tertiary/aromatic N) is 1. The fourth-order valence-electron chi connectivity index (χ4n) is 2.62. The first-order valence-electron chi connectivity index (χ1n) is 8.61. The van der Waals surface area contributed by atoms with Crippen LogP contribution in [-0.2, 0) is 10.0 Å². The quantitative estimate of drug-likeness (QED) is 0.568. The molecule has 0 aliphatic rings. The second-order valence-electron chi connectivity index (χ2n) is 6.16. The minimum Gasteiger partial charge on any atom is -0.497 e. The molecule has 0 aliphatic carbocycles. The van der Waals surface area contributed by atoms with Gasteiger partial charge in [-0.1, -0.05) is 22.0 Å². The summed E-state index contributed by atoms with van der Waals surface area (Å²) in [7, 11) is -0.834. The Morgan fingerprint density at radius 2 is 1.66 bits per heavy atom. The first-order chi connectivity index (χ1) is 13.8. The number of nitrogens with one attached hydrogen (secondary N) is 1. The van der Waals surface area contributed by atoms with Crippen molar-refractivity contribution < 1.29 is 17.9 Å². The van der Waals surface area contributed by atoms with Gasteiger partial charge in [0.2, 0.25) is 0 Å². The van der Waals surface area contributed by atoms with Crippen molar-refractivity contribution in [3.63, 3.8) is 0 Å². The summed E-state index contributed by atoms with van der Waals surface area (Å²) in [5, 5.41) is 2.76. The Balaban J connectivity index is 1.84. The van der Waals surface area contributed by atoms with Gasteiger partial charge in [0.25, 0.3) is 15.9 Å². The lowest BCUT2D eigenvalue weighted by Gasteiger charge is -2.20. The molecule has 0 heterocycles. The lowest BCUT2D eigenvalue weighted by molar-refractivity contribution is 0.102. The van der Waals surface area contributed by atoms with E-state index in [2.05, 4.69) is 21.2 Å². The highest BCUT2D eigenvalue weighted by Gasteiger charge is 2.22. The van der Waals surface area contributed by atoms with Crippen molar-refractivity contribution in [2.45, 2.75) is 4.90 Å². The van der Waals surface area contributed by atoms with Crippen LogP contribution < -0.4 is 14.4 Å². The van der Waals surface area contributed by atoms with Crippen molar-refractivity contribution in [2.75, 3.05) is 23.8 Å². The van der Waals surface area contributed by atoms with Crippen molar-refractivity contribution in [1.29, 1.82) is 0 Å². The van der Waals surface area contributed by atoms with Gasteiger partial charge in [0.1, 0.15) is 5.75 Å². The molecule has 0 aromatic heterocycles. The third kappa shape index (κ3) is 4.78. The van der Waals surface area contributed by atoms with Crippen LogP contribution in [-0.4, -0.2) is 28.5 Å². The van der Waals surface area contributed by atoms with Crippen LogP contribution in [0.4, 0.5) is 11.4 Å². The highest BCUT2D eigenvalue weighted by Crippen LogP contribution is 2.25. The maximum atomic E-state index is 13.0. The number of halogens is 1. The Bertz CT molecular complexity index is 1110. The van der Waals surface area contributed by atoms with E-state index in [4.69, 9.17) is 4.74 Å². The fraction of sp³-hybridized carbons (Fsp3) is 0.0952. The van der Waals surface area contributed by atoms with E-state index in [1.807, 2.05) is 0 Å². The van der Waals surface area contributed by atoms with Gasteiger partial charge in [-0.3, -0.25) is 9.10 Å². The predicted molar refractivity (Wildman–Crippen MR) is 117 cm³/mol. The number of amides is 1. The molecule has 0 atom stereocenters. The number of sulfonamides is 1. The summed E-state index contributed by atoms with van der Waals surface area (Å²) in [5.74, 6) is 0.239. The van der Waals surface area contributed by atoms with Crippen LogP contribution in [0.15, 0.2) is 82.2 Å². The van der Waals surface area contributed by atoms with E-state index in [1.165, 1.54) is 19.2 Å². The lowest BCUT2D eigenvalue weighted by atomic mass is 10.2. The fourth-order valence-corrected chi connectivity index (χ4v) is 4.13. The Labute approximate surface area is 178 Å². The zero-order valence-corrected chi connectivity index (χ0v) is 18.2. The molecule has 0 saturated carbocycles. The Morgan fingerprint density at radius 3 is 2.28 bits per heavy atom. The average molecular weight is 475 g/mol. The van der Waals surface area contributed by atoms with E-state index in [1.54, 1.807) is 67.8 Å². The number of carbonyl (C=O) groups excluding carboxylic acids is 1. The summed E-state index contributed by atoms with van der Waals surface area (Å²) < 4.78 is 33.2. The summed E-state index contributed by atoms with van der Waals surface area (Å²) in [4.78, 5) is 12.6. The number of hydrogen-bond acceptors (Lipinski definition) is 4. The van der Waals surface area contributed by atoms with Crippen LogP contribution in [0.2, 0.25) is 0 Å².